The molecule has 0 aromatic heterocycles. The topological polar surface area (TPSA) is 107 Å². The summed E-state index contributed by atoms with van der Waals surface area (Å²) in [6.45, 7) is 5.99. The van der Waals surface area contributed by atoms with Crippen molar-refractivity contribution in [2.24, 2.45) is 0 Å². The molecule has 0 radical (unpaired) electrons. The lowest BCUT2D eigenvalue weighted by molar-refractivity contribution is 0.0642. The van der Waals surface area contributed by atoms with Gasteiger partial charge in [0.15, 0.2) is 0 Å². The van der Waals surface area contributed by atoms with Crippen LogP contribution in [0.15, 0.2) is 65.6 Å². The van der Waals surface area contributed by atoms with Gasteiger partial charge >= 0.3 is 0 Å². The van der Waals surface area contributed by atoms with Crippen molar-refractivity contribution in [3.63, 3.8) is 0 Å². The Morgan fingerprint density at radius 2 is 1.63 bits per heavy atom. The molecule has 178 valence electrons. The first-order valence-electron chi connectivity index (χ1n) is 10.7. The normalized spacial score (nSPS) is 13.5. The summed E-state index contributed by atoms with van der Waals surface area (Å²) in [7, 11) is -4.05. The minimum Gasteiger partial charge on any atom is -0.279 e. The van der Waals surface area contributed by atoms with Crippen molar-refractivity contribution in [1.29, 1.82) is 5.26 Å². The second-order valence-electron chi connectivity index (χ2n) is 9.23. The summed E-state index contributed by atoms with van der Waals surface area (Å²) in [6, 6.07) is 17.8. The van der Waals surface area contributed by atoms with Crippen LogP contribution >= 0.6 is 11.6 Å². The molecule has 0 unspecified atom stereocenters. The van der Waals surface area contributed by atoms with Gasteiger partial charge in [-0.05, 0) is 52.9 Å². The van der Waals surface area contributed by atoms with Gasteiger partial charge in [-0.15, -0.1) is 0 Å². The first-order chi connectivity index (χ1) is 16.4. The van der Waals surface area contributed by atoms with Gasteiger partial charge in [-0.25, -0.2) is 8.42 Å². The maximum Gasteiger partial charge on any atom is 0.264 e. The summed E-state index contributed by atoms with van der Waals surface area (Å²) in [4.78, 5) is 27.4. The van der Waals surface area contributed by atoms with E-state index in [2.05, 4.69) is 4.72 Å². The third-order valence-corrected chi connectivity index (χ3v) is 7.44. The van der Waals surface area contributed by atoms with Crippen LogP contribution in [0.2, 0.25) is 5.02 Å². The van der Waals surface area contributed by atoms with Crippen molar-refractivity contribution >= 4 is 39.1 Å². The quantitative estimate of drug-likeness (QED) is 0.483. The van der Waals surface area contributed by atoms with Crippen molar-refractivity contribution < 1.29 is 18.0 Å². The number of anilines is 1. The standard InChI is InChI=1S/C26H22ClN3O4S/c1-26(2,3)18-7-9-19(10-8-18)35(33,34)29-21-12-11-20(27)22-23(21)25(32)30(24(22)31)15-17-6-4-5-16(13-17)14-28/h4-13,29H,15H2,1-3H3. The van der Waals surface area contributed by atoms with E-state index in [4.69, 9.17) is 16.9 Å². The minimum absolute atomic E-state index is 0.0242. The van der Waals surface area contributed by atoms with E-state index in [-0.39, 0.29) is 38.7 Å². The van der Waals surface area contributed by atoms with Gasteiger partial charge in [0.1, 0.15) is 0 Å². The molecule has 0 aliphatic carbocycles. The maximum absolute atomic E-state index is 13.3. The molecule has 0 saturated heterocycles. The third-order valence-electron chi connectivity index (χ3n) is 5.74. The van der Waals surface area contributed by atoms with E-state index >= 15 is 0 Å². The molecule has 4 rings (SSSR count). The smallest absolute Gasteiger partial charge is 0.264 e. The minimum atomic E-state index is -4.05. The van der Waals surface area contributed by atoms with Gasteiger partial charge in [-0.1, -0.05) is 56.6 Å². The number of nitrogens with one attached hydrogen (secondary N) is 1. The second-order valence-corrected chi connectivity index (χ2v) is 11.3. The highest BCUT2D eigenvalue weighted by molar-refractivity contribution is 7.92. The largest absolute Gasteiger partial charge is 0.279 e. The Morgan fingerprint density at radius 1 is 0.971 bits per heavy atom. The van der Waals surface area contributed by atoms with Gasteiger partial charge < -0.3 is 0 Å². The first-order valence-corrected chi connectivity index (χ1v) is 12.6. The molecular formula is C26H22ClN3O4S. The number of rotatable bonds is 5. The lowest BCUT2D eigenvalue weighted by Crippen LogP contribution is -2.29. The molecule has 2 amide bonds. The van der Waals surface area contributed by atoms with Gasteiger partial charge in [0.2, 0.25) is 0 Å². The number of hydrogen-bond acceptors (Lipinski definition) is 5. The van der Waals surface area contributed by atoms with Crippen LogP contribution in [0.4, 0.5) is 5.69 Å². The molecule has 1 aliphatic heterocycles. The summed E-state index contributed by atoms with van der Waals surface area (Å²) >= 11 is 6.25. The van der Waals surface area contributed by atoms with E-state index in [0.717, 1.165) is 10.5 Å². The zero-order chi connectivity index (χ0) is 25.5. The predicted molar refractivity (Wildman–Crippen MR) is 133 cm³/mol. The molecule has 3 aromatic carbocycles. The van der Waals surface area contributed by atoms with E-state index in [1.54, 1.807) is 36.4 Å². The highest BCUT2D eigenvalue weighted by atomic mass is 35.5. The van der Waals surface area contributed by atoms with Crippen LogP contribution < -0.4 is 4.72 Å². The molecule has 9 heteroatoms. The molecule has 7 nitrogen and oxygen atoms in total. The van der Waals surface area contributed by atoms with Crippen LogP contribution in [0.3, 0.4) is 0 Å². The Bertz CT molecular complexity index is 1500. The number of hydrogen-bond donors (Lipinski definition) is 1. The maximum atomic E-state index is 13.3. The van der Waals surface area contributed by atoms with Gasteiger partial charge in [-0.2, -0.15) is 5.26 Å². The number of benzene rings is 3. The number of sulfonamides is 1. The van der Waals surface area contributed by atoms with E-state index in [1.807, 2.05) is 26.8 Å². The summed E-state index contributed by atoms with van der Waals surface area (Å²) in [5.74, 6) is -1.30. The van der Waals surface area contributed by atoms with Crippen LogP contribution in [0.25, 0.3) is 0 Å². The van der Waals surface area contributed by atoms with Crippen LogP contribution in [0, 0.1) is 11.3 Å². The van der Waals surface area contributed by atoms with Crippen molar-refractivity contribution in [1.82, 2.24) is 4.90 Å². The summed E-state index contributed by atoms with van der Waals surface area (Å²) < 4.78 is 28.6. The van der Waals surface area contributed by atoms with Crippen molar-refractivity contribution in [2.45, 2.75) is 37.6 Å². The summed E-state index contributed by atoms with van der Waals surface area (Å²) in [5.41, 5.74) is 1.61. The van der Waals surface area contributed by atoms with E-state index in [0.29, 0.717) is 11.1 Å². The van der Waals surface area contributed by atoms with E-state index in [1.165, 1.54) is 24.3 Å². The molecule has 0 bridgehead atoms. The Morgan fingerprint density at radius 3 is 2.26 bits per heavy atom. The molecule has 3 aromatic rings. The lowest BCUT2D eigenvalue weighted by atomic mass is 9.87. The van der Waals surface area contributed by atoms with Crippen LogP contribution in [-0.4, -0.2) is 25.1 Å². The Kier molecular flexibility index (Phi) is 6.18. The van der Waals surface area contributed by atoms with Crippen molar-refractivity contribution in [2.75, 3.05) is 4.72 Å². The van der Waals surface area contributed by atoms with Crippen molar-refractivity contribution in [3.8, 4) is 6.07 Å². The Hall–Kier alpha value is -3.67. The fourth-order valence-electron chi connectivity index (χ4n) is 3.86. The zero-order valence-electron chi connectivity index (χ0n) is 19.3. The monoisotopic (exact) mass is 507 g/mol. The van der Waals surface area contributed by atoms with E-state index in [9.17, 15) is 18.0 Å². The molecule has 1 N–H and O–H groups in total. The number of nitrogens with zero attached hydrogens (tertiary/aromatic N) is 2. The third kappa shape index (κ3) is 4.65. The van der Waals surface area contributed by atoms with Gasteiger partial charge in [0, 0.05) is 0 Å². The lowest BCUT2D eigenvalue weighted by Gasteiger charge is -2.19. The molecule has 0 spiro atoms. The van der Waals surface area contributed by atoms with Gasteiger partial charge in [0.25, 0.3) is 21.8 Å². The number of fused-ring (bicyclic) bond motifs is 1. The number of amides is 2. The number of carbonyl (C=O) groups is 2. The molecule has 0 atom stereocenters. The Labute approximate surface area is 209 Å². The number of halogens is 1. The summed E-state index contributed by atoms with van der Waals surface area (Å²) in [6.07, 6.45) is 0. The SMILES string of the molecule is CC(C)(C)c1ccc(S(=O)(=O)Nc2ccc(Cl)c3c2C(=O)N(Cc2cccc(C#N)c2)C3=O)cc1. The molecule has 0 saturated carbocycles. The molecule has 35 heavy (non-hydrogen) atoms. The fraction of sp³-hybridized carbons (Fsp3) is 0.192. The van der Waals surface area contributed by atoms with Crippen LogP contribution in [-0.2, 0) is 22.0 Å². The van der Waals surface area contributed by atoms with Crippen molar-refractivity contribution in [3.05, 3.63) is 93.5 Å². The highest BCUT2D eigenvalue weighted by Gasteiger charge is 2.40. The van der Waals surface area contributed by atoms with Gasteiger partial charge in [-0.3, -0.25) is 19.2 Å². The average Bonchev–Trinajstić information content (AvgIpc) is 3.06. The molecule has 1 aliphatic rings. The number of nitriles is 1. The zero-order valence-corrected chi connectivity index (χ0v) is 20.9. The predicted octanol–water partition coefficient (Wildman–Crippen LogP) is 5.11. The second kappa shape index (κ2) is 8.84. The summed E-state index contributed by atoms with van der Waals surface area (Å²) in [5, 5.41) is 9.16. The molecular weight excluding hydrogens is 486 g/mol. The van der Waals surface area contributed by atoms with Crippen LogP contribution in [0.1, 0.15) is 58.2 Å². The number of imide groups is 1. The van der Waals surface area contributed by atoms with Crippen LogP contribution in [0.5, 0.6) is 0 Å². The molecule has 0 fully saturated rings. The molecule has 1 heterocycles. The highest BCUT2D eigenvalue weighted by Crippen LogP contribution is 2.36. The first kappa shape index (κ1) is 24.5. The Balaban J connectivity index is 1.68. The number of carbonyl (C=O) groups excluding carboxylic acids is 2. The van der Waals surface area contributed by atoms with Gasteiger partial charge in [0.05, 0.1) is 44.9 Å². The van der Waals surface area contributed by atoms with E-state index < -0.39 is 21.8 Å². The average molecular weight is 508 g/mol. The fourth-order valence-corrected chi connectivity index (χ4v) is 5.17.